The van der Waals surface area contributed by atoms with Crippen LogP contribution >= 0.6 is 0 Å². The second-order valence-electron chi connectivity index (χ2n) is 6.69. The average molecular weight is 337 g/mol. The molecule has 130 valence electrons. The summed E-state index contributed by atoms with van der Waals surface area (Å²) in [6, 6.07) is 2.47. The molecule has 0 aliphatic carbocycles. The van der Waals surface area contributed by atoms with Gasteiger partial charge in [0, 0.05) is 37.2 Å². The first-order chi connectivity index (χ1) is 12.1. The highest BCUT2D eigenvalue weighted by molar-refractivity contribution is 5.42. The number of hydrogen-bond donors (Lipinski definition) is 0. The van der Waals surface area contributed by atoms with Crippen molar-refractivity contribution >= 4 is 5.82 Å². The lowest BCUT2D eigenvalue weighted by molar-refractivity contribution is 0.537. The molecule has 3 aromatic rings. The summed E-state index contributed by atoms with van der Waals surface area (Å²) in [6.45, 7) is 8.01. The van der Waals surface area contributed by atoms with Crippen LogP contribution in [0, 0.1) is 20.8 Å². The maximum Gasteiger partial charge on any atom is 0.174 e. The van der Waals surface area contributed by atoms with E-state index < -0.39 is 0 Å². The molecule has 7 heteroatoms. The lowest BCUT2D eigenvalue weighted by atomic mass is 10.2. The molecule has 1 atom stereocenters. The average Bonchev–Trinajstić information content (AvgIpc) is 3.30. The Balaban J connectivity index is 1.61. The zero-order valence-electron chi connectivity index (χ0n) is 14.9. The van der Waals surface area contributed by atoms with Gasteiger partial charge in [0.1, 0.15) is 11.6 Å². The molecule has 0 radical (unpaired) electrons. The van der Waals surface area contributed by atoms with Crippen LogP contribution in [0.1, 0.15) is 30.1 Å². The Bertz CT molecular complexity index is 879. The Labute approximate surface area is 147 Å². The van der Waals surface area contributed by atoms with Crippen molar-refractivity contribution in [2.24, 2.45) is 0 Å². The van der Waals surface area contributed by atoms with Gasteiger partial charge in [-0.3, -0.25) is 4.98 Å². The summed E-state index contributed by atoms with van der Waals surface area (Å²) in [6.07, 6.45) is 9.86. The van der Waals surface area contributed by atoms with Crippen LogP contribution in [0.5, 0.6) is 0 Å². The second kappa shape index (κ2) is 6.31. The van der Waals surface area contributed by atoms with Crippen molar-refractivity contribution in [2.45, 2.75) is 46.2 Å². The molecule has 1 saturated heterocycles. The van der Waals surface area contributed by atoms with Gasteiger partial charge in [-0.1, -0.05) is 0 Å². The number of aromatic nitrogens is 6. The predicted molar refractivity (Wildman–Crippen MR) is 96.0 cm³/mol. The fourth-order valence-electron chi connectivity index (χ4n) is 3.60. The molecule has 0 N–H and O–H groups in total. The fraction of sp³-hybridized carbons (Fsp3) is 0.444. The molecule has 0 saturated carbocycles. The van der Waals surface area contributed by atoms with E-state index in [1.807, 2.05) is 44.0 Å². The van der Waals surface area contributed by atoms with Gasteiger partial charge >= 0.3 is 0 Å². The van der Waals surface area contributed by atoms with E-state index in [-0.39, 0.29) is 0 Å². The van der Waals surface area contributed by atoms with Gasteiger partial charge in [0.25, 0.3) is 0 Å². The Morgan fingerprint density at radius 1 is 1.16 bits per heavy atom. The topological polar surface area (TPSA) is 64.7 Å². The normalized spacial score (nSPS) is 17.4. The van der Waals surface area contributed by atoms with Crippen LogP contribution in [-0.4, -0.2) is 41.9 Å². The summed E-state index contributed by atoms with van der Waals surface area (Å²) >= 11 is 0. The number of hydrogen-bond acceptors (Lipinski definition) is 5. The fourth-order valence-corrected chi connectivity index (χ4v) is 3.60. The van der Waals surface area contributed by atoms with Gasteiger partial charge in [0.05, 0.1) is 18.1 Å². The van der Waals surface area contributed by atoms with Crippen molar-refractivity contribution in [3.05, 3.63) is 48.1 Å². The molecule has 7 nitrogen and oxygen atoms in total. The van der Waals surface area contributed by atoms with Gasteiger partial charge in [-0.2, -0.15) is 5.10 Å². The summed E-state index contributed by atoms with van der Waals surface area (Å²) in [5.41, 5.74) is 2.05. The van der Waals surface area contributed by atoms with Crippen LogP contribution in [0.2, 0.25) is 0 Å². The van der Waals surface area contributed by atoms with E-state index in [9.17, 15) is 0 Å². The summed E-state index contributed by atoms with van der Waals surface area (Å²) in [7, 11) is 0. The van der Waals surface area contributed by atoms with Crippen LogP contribution in [0.15, 0.2) is 30.9 Å². The quantitative estimate of drug-likeness (QED) is 0.732. The molecule has 0 spiro atoms. The van der Waals surface area contributed by atoms with E-state index in [2.05, 4.69) is 30.6 Å². The molecule has 1 aliphatic heterocycles. The molecule has 0 aromatic carbocycles. The maximum absolute atomic E-state index is 4.84. The number of rotatable bonds is 4. The zero-order valence-corrected chi connectivity index (χ0v) is 14.9. The van der Waals surface area contributed by atoms with Gasteiger partial charge in [-0.15, -0.1) is 0 Å². The van der Waals surface area contributed by atoms with Gasteiger partial charge in [0.15, 0.2) is 5.82 Å². The first-order valence-corrected chi connectivity index (χ1v) is 8.72. The van der Waals surface area contributed by atoms with Crippen molar-refractivity contribution in [2.75, 3.05) is 11.4 Å². The van der Waals surface area contributed by atoms with Gasteiger partial charge in [0.2, 0.25) is 0 Å². The van der Waals surface area contributed by atoms with Gasteiger partial charge < -0.3 is 9.47 Å². The third-order valence-corrected chi connectivity index (χ3v) is 4.84. The molecule has 25 heavy (non-hydrogen) atoms. The number of nitrogens with zero attached hydrogens (tertiary/aromatic N) is 7. The van der Waals surface area contributed by atoms with Crippen molar-refractivity contribution < 1.29 is 0 Å². The molecular weight excluding hydrogens is 314 g/mol. The van der Waals surface area contributed by atoms with Gasteiger partial charge in [-0.25, -0.2) is 14.6 Å². The molecular formula is C18H23N7. The third kappa shape index (κ3) is 3.01. The summed E-state index contributed by atoms with van der Waals surface area (Å²) < 4.78 is 4.07. The van der Waals surface area contributed by atoms with Crippen molar-refractivity contribution in [3.63, 3.8) is 0 Å². The Kier molecular flexibility index (Phi) is 3.99. The van der Waals surface area contributed by atoms with Crippen molar-refractivity contribution in [1.29, 1.82) is 0 Å². The van der Waals surface area contributed by atoms with Crippen molar-refractivity contribution in [3.8, 4) is 5.82 Å². The zero-order chi connectivity index (χ0) is 17.4. The highest BCUT2D eigenvalue weighted by atomic mass is 15.3. The second-order valence-corrected chi connectivity index (χ2v) is 6.69. The Hall–Kier alpha value is -2.70. The molecule has 1 unspecified atom stereocenters. The number of anilines is 1. The van der Waals surface area contributed by atoms with Crippen molar-refractivity contribution in [1.82, 2.24) is 29.3 Å². The molecule has 0 bridgehead atoms. The highest BCUT2D eigenvalue weighted by Gasteiger charge is 2.27. The molecule has 4 heterocycles. The summed E-state index contributed by atoms with van der Waals surface area (Å²) in [4.78, 5) is 16.0. The smallest absolute Gasteiger partial charge is 0.174 e. The lowest BCUT2D eigenvalue weighted by Crippen LogP contribution is -2.34. The molecule has 3 aromatic heterocycles. The predicted octanol–water partition coefficient (Wildman–Crippen LogP) is 2.45. The molecule has 1 aliphatic rings. The van der Waals surface area contributed by atoms with E-state index in [4.69, 9.17) is 4.98 Å². The summed E-state index contributed by atoms with van der Waals surface area (Å²) in [5, 5.41) is 4.52. The monoisotopic (exact) mass is 337 g/mol. The molecule has 0 amide bonds. The number of imidazole rings is 1. The molecule has 1 fully saturated rings. The van der Waals surface area contributed by atoms with Gasteiger partial charge in [-0.05, 0) is 39.7 Å². The summed E-state index contributed by atoms with van der Waals surface area (Å²) in [5.74, 6) is 2.74. The minimum Gasteiger partial charge on any atom is -0.350 e. The van der Waals surface area contributed by atoms with Crippen LogP contribution in [-0.2, 0) is 6.54 Å². The minimum absolute atomic E-state index is 0.415. The first kappa shape index (κ1) is 15.8. The van der Waals surface area contributed by atoms with Crippen LogP contribution in [0.4, 0.5) is 5.82 Å². The maximum atomic E-state index is 4.84. The largest absolute Gasteiger partial charge is 0.350 e. The standard InChI is InChI=1S/C18H23N7/c1-13-9-14(2)25(22-13)18-11-19-10-17(21-18)24-7-4-5-16(24)12-23-8-6-20-15(23)3/h6,8-11,16H,4-5,7,12H2,1-3H3. The van der Waals surface area contributed by atoms with E-state index >= 15 is 0 Å². The Morgan fingerprint density at radius 2 is 2.00 bits per heavy atom. The van der Waals surface area contributed by atoms with E-state index in [0.29, 0.717) is 6.04 Å². The first-order valence-electron chi connectivity index (χ1n) is 8.72. The third-order valence-electron chi connectivity index (χ3n) is 4.84. The Morgan fingerprint density at radius 3 is 2.72 bits per heavy atom. The molecule has 4 rings (SSSR count). The van der Waals surface area contributed by atoms with Crippen LogP contribution in [0.25, 0.3) is 5.82 Å². The van der Waals surface area contributed by atoms with E-state index in [1.165, 1.54) is 6.42 Å². The van der Waals surface area contributed by atoms with Crippen LogP contribution < -0.4 is 4.90 Å². The lowest BCUT2D eigenvalue weighted by Gasteiger charge is -2.26. The van der Waals surface area contributed by atoms with E-state index in [0.717, 1.165) is 48.4 Å². The minimum atomic E-state index is 0.415. The highest BCUT2D eigenvalue weighted by Crippen LogP contribution is 2.25. The van der Waals surface area contributed by atoms with Crippen LogP contribution in [0.3, 0.4) is 0 Å². The van der Waals surface area contributed by atoms with E-state index in [1.54, 1.807) is 6.20 Å². The number of aryl methyl sites for hydroxylation is 3. The SMILES string of the molecule is Cc1cc(C)n(-c2cncc(N3CCCC3Cn3ccnc3C)n2)n1.